The molecule has 1 heterocycles. The molecule has 0 aromatic heterocycles. The summed E-state index contributed by atoms with van der Waals surface area (Å²) in [7, 11) is 0. The molecule has 0 aliphatic carbocycles. The maximum Gasteiger partial charge on any atom is 0.410 e. The van der Waals surface area contributed by atoms with Crippen molar-refractivity contribution in [2.24, 2.45) is 0 Å². The van der Waals surface area contributed by atoms with Crippen molar-refractivity contribution >= 4 is 6.09 Å². The Hall–Kier alpha value is -1.59. The van der Waals surface area contributed by atoms with Gasteiger partial charge in [0, 0.05) is 38.8 Å². The summed E-state index contributed by atoms with van der Waals surface area (Å²) < 4.78 is 5.55. The molecular formula is C19H30N2O3. The molecule has 0 bridgehead atoms. The molecule has 1 aromatic rings. The zero-order valence-corrected chi connectivity index (χ0v) is 15.1. The lowest BCUT2D eigenvalue weighted by Gasteiger charge is -2.33. The molecule has 0 spiro atoms. The summed E-state index contributed by atoms with van der Waals surface area (Å²) in [4.78, 5) is 16.7. The van der Waals surface area contributed by atoms with Crippen LogP contribution in [0.15, 0.2) is 30.3 Å². The molecule has 24 heavy (non-hydrogen) atoms. The Morgan fingerprint density at radius 3 is 2.58 bits per heavy atom. The first-order valence-corrected chi connectivity index (χ1v) is 8.76. The molecule has 1 amide bonds. The summed E-state index contributed by atoms with van der Waals surface area (Å²) in [5.41, 5.74) is 0.766. The van der Waals surface area contributed by atoms with Crippen LogP contribution in [-0.2, 0) is 11.3 Å². The fourth-order valence-electron chi connectivity index (χ4n) is 3.08. The fourth-order valence-corrected chi connectivity index (χ4v) is 3.08. The first-order valence-electron chi connectivity index (χ1n) is 8.76. The number of benzene rings is 1. The van der Waals surface area contributed by atoms with Crippen molar-refractivity contribution in [3.63, 3.8) is 0 Å². The van der Waals surface area contributed by atoms with E-state index in [1.54, 1.807) is 4.90 Å². The quantitative estimate of drug-likeness (QED) is 0.920. The van der Waals surface area contributed by atoms with Crippen molar-refractivity contribution in [3.8, 4) is 0 Å². The highest BCUT2D eigenvalue weighted by Crippen LogP contribution is 2.19. The number of carbonyl (C=O) groups excluding carboxylic acids is 1. The standard InChI is InChI=1S/C19H30N2O3/c1-19(2,3)24-18(23)21-12-7-11-20(15-17(21)10-13-22)14-16-8-5-4-6-9-16/h4-6,8-9,17,22H,7,10-15H2,1-3H3/t17-/m1/s1. The van der Waals surface area contributed by atoms with Gasteiger partial charge in [0.1, 0.15) is 5.60 Å². The molecule has 1 N–H and O–H groups in total. The van der Waals surface area contributed by atoms with E-state index in [1.165, 1.54) is 5.56 Å². The summed E-state index contributed by atoms with van der Waals surface area (Å²) in [6.45, 7) is 8.95. The Morgan fingerprint density at radius 2 is 1.96 bits per heavy atom. The monoisotopic (exact) mass is 334 g/mol. The zero-order valence-electron chi connectivity index (χ0n) is 15.1. The van der Waals surface area contributed by atoms with Crippen molar-refractivity contribution in [1.82, 2.24) is 9.80 Å². The van der Waals surface area contributed by atoms with Gasteiger partial charge in [0.15, 0.2) is 0 Å². The van der Waals surface area contributed by atoms with Gasteiger partial charge in [-0.3, -0.25) is 4.90 Å². The second-order valence-corrected chi connectivity index (χ2v) is 7.41. The lowest BCUT2D eigenvalue weighted by molar-refractivity contribution is 0.0137. The molecule has 1 aliphatic heterocycles. The van der Waals surface area contributed by atoms with Gasteiger partial charge in [0.2, 0.25) is 0 Å². The Balaban J connectivity index is 2.05. The van der Waals surface area contributed by atoms with E-state index in [1.807, 2.05) is 39.0 Å². The number of nitrogens with zero attached hydrogens (tertiary/aromatic N) is 2. The summed E-state index contributed by atoms with van der Waals surface area (Å²) in [5.74, 6) is 0. The first-order chi connectivity index (χ1) is 11.4. The van der Waals surface area contributed by atoms with Crippen LogP contribution < -0.4 is 0 Å². The Bertz CT molecular complexity index is 513. The zero-order chi connectivity index (χ0) is 17.6. The molecule has 0 radical (unpaired) electrons. The second kappa shape index (κ2) is 8.49. The number of hydrogen-bond acceptors (Lipinski definition) is 4. The highest BCUT2D eigenvalue weighted by atomic mass is 16.6. The minimum atomic E-state index is -0.503. The van der Waals surface area contributed by atoms with Crippen LogP contribution in [0.4, 0.5) is 4.79 Å². The van der Waals surface area contributed by atoms with E-state index in [4.69, 9.17) is 4.74 Å². The van der Waals surface area contributed by atoms with Crippen molar-refractivity contribution < 1.29 is 14.6 Å². The third-order valence-corrected chi connectivity index (χ3v) is 4.12. The third kappa shape index (κ3) is 5.80. The predicted octanol–water partition coefficient (Wildman–Crippen LogP) is 2.88. The van der Waals surface area contributed by atoms with E-state index >= 15 is 0 Å². The van der Waals surface area contributed by atoms with Gasteiger partial charge in [-0.1, -0.05) is 30.3 Å². The minimum absolute atomic E-state index is 0.0175. The number of amides is 1. The van der Waals surface area contributed by atoms with Crippen LogP contribution in [0.2, 0.25) is 0 Å². The molecule has 1 aliphatic rings. The van der Waals surface area contributed by atoms with Crippen LogP contribution in [0, 0.1) is 0 Å². The lowest BCUT2D eigenvalue weighted by atomic mass is 10.1. The van der Waals surface area contributed by atoms with E-state index in [0.717, 1.165) is 26.1 Å². The summed E-state index contributed by atoms with van der Waals surface area (Å²) >= 11 is 0. The van der Waals surface area contributed by atoms with Crippen molar-refractivity contribution in [2.45, 2.75) is 51.8 Å². The average Bonchev–Trinajstić information content (AvgIpc) is 2.69. The van der Waals surface area contributed by atoms with Gasteiger partial charge in [0.05, 0.1) is 0 Å². The molecule has 0 unspecified atom stereocenters. The SMILES string of the molecule is CC(C)(C)OC(=O)N1CCCN(Cc2ccccc2)C[C@H]1CCO. The molecule has 5 nitrogen and oxygen atoms in total. The number of hydrogen-bond donors (Lipinski definition) is 1. The number of aliphatic hydroxyl groups is 1. The van der Waals surface area contributed by atoms with Gasteiger partial charge in [-0.05, 0) is 39.2 Å². The highest BCUT2D eigenvalue weighted by Gasteiger charge is 2.31. The van der Waals surface area contributed by atoms with Gasteiger partial charge in [0.25, 0.3) is 0 Å². The van der Waals surface area contributed by atoms with Crippen LogP contribution >= 0.6 is 0 Å². The molecule has 1 atom stereocenters. The van der Waals surface area contributed by atoms with Crippen LogP contribution in [-0.4, -0.2) is 58.9 Å². The normalized spacial score (nSPS) is 19.8. The molecular weight excluding hydrogens is 304 g/mol. The van der Waals surface area contributed by atoms with Gasteiger partial charge in [-0.15, -0.1) is 0 Å². The van der Waals surface area contributed by atoms with Crippen LogP contribution in [0.5, 0.6) is 0 Å². The smallest absolute Gasteiger partial charge is 0.410 e. The van der Waals surface area contributed by atoms with E-state index in [9.17, 15) is 9.90 Å². The maximum atomic E-state index is 12.5. The third-order valence-electron chi connectivity index (χ3n) is 4.12. The van der Waals surface area contributed by atoms with Gasteiger partial charge < -0.3 is 14.7 Å². The minimum Gasteiger partial charge on any atom is -0.444 e. The van der Waals surface area contributed by atoms with Crippen LogP contribution in [0.1, 0.15) is 39.2 Å². The van der Waals surface area contributed by atoms with Crippen molar-refractivity contribution in [3.05, 3.63) is 35.9 Å². The number of ether oxygens (including phenoxy) is 1. The predicted molar refractivity (Wildman–Crippen MR) is 94.8 cm³/mol. The Morgan fingerprint density at radius 1 is 1.25 bits per heavy atom. The number of aliphatic hydroxyl groups excluding tert-OH is 1. The molecule has 0 saturated carbocycles. The Labute approximate surface area is 145 Å². The molecule has 1 fully saturated rings. The van der Waals surface area contributed by atoms with E-state index in [-0.39, 0.29) is 18.7 Å². The van der Waals surface area contributed by atoms with Crippen LogP contribution in [0.3, 0.4) is 0 Å². The molecule has 2 rings (SSSR count). The maximum absolute atomic E-state index is 12.5. The van der Waals surface area contributed by atoms with Crippen molar-refractivity contribution in [2.75, 3.05) is 26.2 Å². The molecule has 1 aromatic carbocycles. The first kappa shape index (κ1) is 18.7. The topological polar surface area (TPSA) is 53.0 Å². The van der Waals surface area contributed by atoms with Crippen LogP contribution in [0.25, 0.3) is 0 Å². The molecule has 5 heteroatoms. The average molecular weight is 334 g/mol. The van der Waals surface area contributed by atoms with Crippen molar-refractivity contribution in [1.29, 1.82) is 0 Å². The van der Waals surface area contributed by atoms with E-state index in [0.29, 0.717) is 13.0 Å². The van der Waals surface area contributed by atoms with Gasteiger partial charge >= 0.3 is 6.09 Å². The lowest BCUT2D eigenvalue weighted by Crippen LogP contribution is -2.46. The largest absolute Gasteiger partial charge is 0.444 e. The highest BCUT2D eigenvalue weighted by molar-refractivity contribution is 5.68. The summed E-state index contributed by atoms with van der Waals surface area (Å²) in [6.07, 6.45) is 1.21. The van der Waals surface area contributed by atoms with E-state index in [2.05, 4.69) is 17.0 Å². The summed E-state index contributed by atoms with van der Waals surface area (Å²) in [6, 6.07) is 10.3. The van der Waals surface area contributed by atoms with Gasteiger partial charge in [-0.2, -0.15) is 0 Å². The fraction of sp³-hybridized carbons (Fsp3) is 0.632. The van der Waals surface area contributed by atoms with E-state index < -0.39 is 5.60 Å². The number of rotatable bonds is 4. The Kier molecular flexibility index (Phi) is 6.63. The summed E-state index contributed by atoms with van der Waals surface area (Å²) in [5, 5.41) is 9.42. The van der Waals surface area contributed by atoms with Gasteiger partial charge in [-0.25, -0.2) is 4.79 Å². The molecule has 1 saturated heterocycles. The number of carbonyl (C=O) groups is 1. The molecule has 134 valence electrons. The second-order valence-electron chi connectivity index (χ2n) is 7.41.